The topological polar surface area (TPSA) is 58.6 Å². The molecule has 0 aliphatic carbocycles. The van der Waals surface area contributed by atoms with Gasteiger partial charge in [-0.2, -0.15) is 4.98 Å². The Morgan fingerprint density at radius 3 is 2.58 bits per heavy atom. The maximum absolute atomic E-state index is 12.4. The number of carbonyl (C=O) groups excluding carboxylic acids is 1. The van der Waals surface area contributed by atoms with E-state index in [-0.39, 0.29) is 11.9 Å². The van der Waals surface area contributed by atoms with E-state index in [1.165, 1.54) is 7.11 Å². The first kappa shape index (κ1) is 13.7. The van der Waals surface area contributed by atoms with Crippen molar-refractivity contribution >= 4 is 5.91 Å². The van der Waals surface area contributed by atoms with Gasteiger partial charge in [0.2, 0.25) is 0 Å². The van der Waals surface area contributed by atoms with Crippen molar-refractivity contribution in [3.8, 4) is 6.01 Å². The van der Waals surface area contributed by atoms with Crippen molar-refractivity contribution < 1.29 is 9.53 Å². The normalized spacial score (nSPS) is 16.5. The Bertz CT molecular complexity index is 456. The lowest BCUT2D eigenvalue weighted by Crippen LogP contribution is -2.48. The molecule has 0 saturated carbocycles. The van der Waals surface area contributed by atoms with Gasteiger partial charge >= 0.3 is 6.01 Å². The number of hydrogen-bond acceptors (Lipinski definition) is 5. The maximum Gasteiger partial charge on any atom is 0.317 e. The highest BCUT2D eigenvalue weighted by Crippen LogP contribution is 2.11. The van der Waals surface area contributed by atoms with E-state index in [1.807, 2.05) is 11.8 Å². The van der Waals surface area contributed by atoms with Gasteiger partial charge in [-0.1, -0.05) is 6.92 Å². The molecule has 6 heteroatoms. The Balaban J connectivity index is 2.09. The number of methoxy groups -OCH3 is 1. The molecule has 0 atom stereocenters. The average Bonchev–Trinajstić information content (AvgIpc) is 2.46. The van der Waals surface area contributed by atoms with Crippen LogP contribution >= 0.6 is 0 Å². The molecular formula is C13H20N4O2. The van der Waals surface area contributed by atoms with E-state index in [0.717, 1.165) is 38.4 Å². The van der Waals surface area contributed by atoms with Crippen molar-refractivity contribution in [3.05, 3.63) is 17.5 Å². The summed E-state index contributed by atoms with van der Waals surface area (Å²) in [6.45, 7) is 8.33. The molecule has 0 radical (unpaired) electrons. The van der Waals surface area contributed by atoms with Crippen molar-refractivity contribution in [2.75, 3.05) is 39.8 Å². The molecular weight excluding hydrogens is 244 g/mol. The highest BCUT2D eigenvalue weighted by molar-refractivity contribution is 5.92. The smallest absolute Gasteiger partial charge is 0.317 e. The number of piperazine rings is 1. The Morgan fingerprint density at radius 2 is 2.00 bits per heavy atom. The minimum absolute atomic E-state index is 0.0421. The number of hydrogen-bond donors (Lipinski definition) is 0. The number of aromatic nitrogens is 2. The molecule has 6 nitrogen and oxygen atoms in total. The highest BCUT2D eigenvalue weighted by Gasteiger charge is 2.23. The monoisotopic (exact) mass is 264 g/mol. The van der Waals surface area contributed by atoms with Gasteiger partial charge in [0.25, 0.3) is 5.91 Å². The second-order valence-electron chi connectivity index (χ2n) is 4.61. The molecule has 1 amide bonds. The maximum atomic E-state index is 12.4. The summed E-state index contributed by atoms with van der Waals surface area (Å²) in [7, 11) is 1.50. The molecule has 2 heterocycles. The van der Waals surface area contributed by atoms with Gasteiger partial charge in [0.05, 0.1) is 7.11 Å². The quantitative estimate of drug-likeness (QED) is 0.799. The zero-order chi connectivity index (χ0) is 13.8. The molecule has 1 aromatic heterocycles. The SMILES string of the molecule is CCN1CCN(C(=O)c2cc(C)nc(OC)n2)CC1. The molecule has 1 aromatic rings. The first-order valence-corrected chi connectivity index (χ1v) is 6.55. The third-order valence-electron chi connectivity index (χ3n) is 3.34. The van der Waals surface area contributed by atoms with Crippen molar-refractivity contribution in [1.82, 2.24) is 19.8 Å². The fourth-order valence-corrected chi connectivity index (χ4v) is 2.17. The van der Waals surface area contributed by atoms with Crippen LogP contribution in [0, 0.1) is 6.92 Å². The average molecular weight is 264 g/mol. The van der Waals surface area contributed by atoms with E-state index >= 15 is 0 Å². The Kier molecular flexibility index (Phi) is 4.31. The van der Waals surface area contributed by atoms with Crippen molar-refractivity contribution in [3.63, 3.8) is 0 Å². The lowest BCUT2D eigenvalue weighted by molar-refractivity contribution is 0.0636. The van der Waals surface area contributed by atoms with Crippen LogP contribution in [0.4, 0.5) is 0 Å². The van der Waals surface area contributed by atoms with E-state index in [2.05, 4.69) is 21.8 Å². The second-order valence-corrected chi connectivity index (χ2v) is 4.61. The Labute approximate surface area is 113 Å². The molecule has 0 N–H and O–H groups in total. The molecule has 104 valence electrons. The van der Waals surface area contributed by atoms with Crippen LogP contribution in [0.15, 0.2) is 6.07 Å². The van der Waals surface area contributed by atoms with Gasteiger partial charge < -0.3 is 14.5 Å². The number of nitrogens with zero attached hydrogens (tertiary/aromatic N) is 4. The van der Waals surface area contributed by atoms with E-state index in [1.54, 1.807) is 6.07 Å². The summed E-state index contributed by atoms with van der Waals surface area (Å²) >= 11 is 0. The summed E-state index contributed by atoms with van der Waals surface area (Å²) in [5.41, 5.74) is 1.15. The molecule has 0 bridgehead atoms. The third-order valence-corrected chi connectivity index (χ3v) is 3.34. The summed E-state index contributed by atoms with van der Waals surface area (Å²) in [6.07, 6.45) is 0. The molecule has 19 heavy (non-hydrogen) atoms. The number of ether oxygens (including phenoxy) is 1. The first-order valence-electron chi connectivity index (χ1n) is 6.55. The molecule has 1 fully saturated rings. The molecule has 0 spiro atoms. The number of carbonyl (C=O) groups is 1. The Morgan fingerprint density at radius 1 is 1.32 bits per heavy atom. The van der Waals surface area contributed by atoms with Gasteiger partial charge in [0.1, 0.15) is 5.69 Å². The zero-order valence-electron chi connectivity index (χ0n) is 11.7. The predicted molar refractivity (Wildman–Crippen MR) is 71.3 cm³/mol. The third kappa shape index (κ3) is 3.20. The summed E-state index contributed by atoms with van der Waals surface area (Å²) in [5, 5.41) is 0. The molecule has 1 aliphatic heterocycles. The first-order chi connectivity index (χ1) is 9.13. The molecule has 2 rings (SSSR count). The van der Waals surface area contributed by atoms with E-state index in [0.29, 0.717) is 5.69 Å². The van der Waals surface area contributed by atoms with Crippen LogP contribution in [0.5, 0.6) is 6.01 Å². The minimum atomic E-state index is -0.0421. The lowest BCUT2D eigenvalue weighted by atomic mass is 10.2. The number of amides is 1. The summed E-state index contributed by atoms with van der Waals surface area (Å²) in [6, 6.07) is 1.95. The van der Waals surface area contributed by atoms with Crippen LogP contribution < -0.4 is 4.74 Å². The highest BCUT2D eigenvalue weighted by atomic mass is 16.5. The number of rotatable bonds is 3. The largest absolute Gasteiger partial charge is 0.467 e. The van der Waals surface area contributed by atoms with Crippen LogP contribution in [0.1, 0.15) is 23.1 Å². The molecule has 0 unspecified atom stereocenters. The van der Waals surface area contributed by atoms with Crippen LogP contribution in [-0.2, 0) is 0 Å². The van der Waals surface area contributed by atoms with Gasteiger partial charge in [0.15, 0.2) is 0 Å². The van der Waals surface area contributed by atoms with Crippen LogP contribution in [0.3, 0.4) is 0 Å². The zero-order valence-corrected chi connectivity index (χ0v) is 11.7. The van der Waals surface area contributed by atoms with E-state index < -0.39 is 0 Å². The van der Waals surface area contributed by atoms with Crippen LogP contribution in [-0.4, -0.2) is 65.5 Å². The van der Waals surface area contributed by atoms with Gasteiger partial charge in [-0.15, -0.1) is 0 Å². The van der Waals surface area contributed by atoms with Gasteiger partial charge in [-0.05, 0) is 19.5 Å². The van der Waals surface area contributed by atoms with E-state index in [4.69, 9.17) is 4.74 Å². The number of aryl methyl sites for hydroxylation is 1. The minimum Gasteiger partial charge on any atom is -0.467 e. The van der Waals surface area contributed by atoms with Gasteiger partial charge in [-0.3, -0.25) is 4.79 Å². The fraction of sp³-hybridized carbons (Fsp3) is 0.615. The second kappa shape index (κ2) is 5.97. The number of likely N-dealkylation sites (N-methyl/N-ethyl adjacent to an activating group) is 1. The lowest BCUT2D eigenvalue weighted by Gasteiger charge is -2.33. The summed E-state index contributed by atoms with van der Waals surface area (Å²) in [5.74, 6) is -0.0421. The van der Waals surface area contributed by atoms with Crippen molar-refractivity contribution in [1.29, 1.82) is 0 Å². The Hall–Kier alpha value is -1.69. The fourth-order valence-electron chi connectivity index (χ4n) is 2.17. The summed E-state index contributed by atoms with van der Waals surface area (Å²) < 4.78 is 5.01. The molecule has 0 aromatic carbocycles. The molecule has 1 aliphatic rings. The predicted octanol–water partition coefficient (Wildman–Crippen LogP) is 0.571. The van der Waals surface area contributed by atoms with E-state index in [9.17, 15) is 4.79 Å². The van der Waals surface area contributed by atoms with Crippen LogP contribution in [0.2, 0.25) is 0 Å². The van der Waals surface area contributed by atoms with Crippen molar-refractivity contribution in [2.24, 2.45) is 0 Å². The van der Waals surface area contributed by atoms with Gasteiger partial charge in [0, 0.05) is 31.9 Å². The van der Waals surface area contributed by atoms with Crippen LogP contribution in [0.25, 0.3) is 0 Å². The molecule has 1 saturated heterocycles. The summed E-state index contributed by atoms with van der Waals surface area (Å²) in [4.78, 5) is 24.8. The van der Waals surface area contributed by atoms with Gasteiger partial charge in [-0.25, -0.2) is 4.98 Å². The van der Waals surface area contributed by atoms with Crippen molar-refractivity contribution in [2.45, 2.75) is 13.8 Å². The standard InChI is InChI=1S/C13H20N4O2/c1-4-16-5-7-17(8-6-16)12(18)11-9-10(2)14-13(15-11)19-3/h9H,4-8H2,1-3H3.